The first-order chi connectivity index (χ1) is 19.1. The topological polar surface area (TPSA) is 84.9 Å². The number of hydrogen-bond donors (Lipinski definition) is 2. The van der Waals surface area contributed by atoms with E-state index in [0.717, 1.165) is 47.7 Å². The number of fused-ring (bicyclic) bond motifs is 1. The molecule has 5 heterocycles. The number of likely N-dealkylation sites (tertiary alicyclic amines) is 1. The predicted octanol–water partition coefficient (Wildman–Crippen LogP) is 5.06. The lowest BCUT2D eigenvalue weighted by Crippen LogP contribution is -2.59. The predicted molar refractivity (Wildman–Crippen MR) is 152 cm³/mol. The quantitative estimate of drug-likeness (QED) is 0.338. The van der Waals surface area contributed by atoms with Crippen LogP contribution in [-0.4, -0.2) is 50.6 Å². The van der Waals surface area contributed by atoms with Crippen molar-refractivity contribution in [2.45, 2.75) is 19.4 Å². The molecule has 1 spiro atoms. The fourth-order valence-electron chi connectivity index (χ4n) is 6.07. The van der Waals surface area contributed by atoms with Crippen LogP contribution in [0.3, 0.4) is 0 Å². The van der Waals surface area contributed by atoms with Gasteiger partial charge in [0.2, 0.25) is 0 Å². The molecule has 3 aromatic heterocycles. The Morgan fingerprint density at radius 1 is 0.897 bits per heavy atom. The van der Waals surface area contributed by atoms with Crippen LogP contribution in [0.4, 0.5) is 10.2 Å². The molecule has 7 rings (SSSR count). The van der Waals surface area contributed by atoms with Crippen molar-refractivity contribution in [1.82, 2.24) is 29.7 Å². The van der Waals surface area contributed by atoms with Crippen molar-refractivity contribution in [3.8, 4) is 28.3 Å². The average Bonchev–Trinajstić information content (AvgIpc) is 3.32. The van der Waals surface area contributed by atoms with E-state index in [0.29, 0.717) is 22.7 Å². The Bertz CT molecular complexity index is 1630. The number of nitrogens with two attached hydrogens (primary N) is 1. The third-order valence-electron chi connectivity index (χ3n) is 8.11. The molecule has 0 amide bonds. The monoisotopic (exact) mass is 519 g/mol. The zero-order chi connectivity index (χ0) is 26.4. The van der Waals surface area contributed by atoms with Gasteiger partial charge < -0.3 is 11.1 Å². The molecular formula is C31H30FN7. The number of piperidine rings is 1. The van der Waals surface area contributed by atoms with Crippen molar-refractivity contribution in [3.63, 3.8) is 0 Å². The zero-order valence-electron chi connectivity index (χ0n) is 21.6. The van der Waals surface area contributed by atoms with Gasteiger partial charge in [-0.25, -0.2) is 19.3 Å². The Morgan fingerprint density at radius 3 is 2.41 bits per heavy atom. The summed E-state index contributed by atoms with van der Waals surface area (Å²) in [5.41, 5.74) is 12.8. The second-order valence-electron chi connectivity index (χ2n) is 10.8. The van der Waals surface area contributed by atoms with E-state index in [1.54, 1.807) is 18.3 Å². The van der Waals surface area contributed by atoms with Crippen LogP contribution in [0.15, 0.2) is 79.0 Å². The third-order valence-corrected chi connectivity index (χ3v) is 8.11. The van der Waals surface area contributed by atoms with Crippen molar-refractivity contribution in [3.05, 3.63) is 90.4 Å². The van der Waals surface area contributed by atoms with Gasteiger partial charge in [-0.3, -0.25) is 9.47 Å². The van der Waals surface area contributed by atoms with E-state index in [1.807, 2.05) is 28.8 Å². The number of imidazole rings is 1. The number of nitrogens with zero attached hydrogens (tertiary/aromatic N) is 5. The van der Waals surface area contributed by atoms with Gasteiger partial charge in [-0.2, -0.15) is 0 Å². The molecule has 0 bridgehead atoms. The standard InChI is InChI=1S/C31H30FN7/c32-23-7-5-22(6-8-23)26-11-12-27-30(36-26)39(29(37-27)25-2-1-15-35-28(25)33)24-9-3-21(4-10-24)18-38-19-31(20-38)13-16-34-17-14-31/h1-12,15,34H,13-14,16-20H2,(H2,33,35). The molecule has 2 aliphatic rings. The molecule has 2 aliphatic heterocycles. The number of rotatable bonds is 5. The van der Waals surface area contributed by atoms with Gasteiger partial charge in [-0.1, -0.05) is 12.1 Å². The molecule has 3 N–H and O–H groups in total. The van der Waals surface area contributed by atoms with Gasteiger partial charge in [0.25, 0.3) is 0 Å². The average molecular weight is 520 g/mol. The smallest absolute Gasteiger partial charge is 0.165 e. The molecule has 0 unspecified atom stereocenters. The highest BCUT2D eigenvalue weighted by Gasteiger charge is 2.42. The fourth-order valence-corrected chi connectivity index (χ4v) is 6.07. The number of benzene rings is 2. The summed E-state index contributed by atoms with van der Waals surface area (Å²) in [6.07, 6.45) is 4.24. The summed E-state index contributed by atoms with van der Waals surface area (Å²) in [4.78, 5) is 16.7. The van der Waals surface area contributed by atoms with Gasteiger partial charge in [-0.05, 0) is 97.6 Å². The van der Waals surface area contributed by atoms with Crippen molar-refractivity contribution < 1.29 is 4.39 Å². The summed E-state index contributed by atoms with van der Waals surface area (Å²) >= 11 is 0. The molecule has 0 aliphatic carbocycles. The molecule has 2 fully saturated rings. The molecule has 0 radical (unpaired) electrons. The third kappa shape index (κ3) is 4.45. The van der Waals surface area contributed by atoms with Gasteiger partial charge in [-0.15, -0.1) is 0 Å². The maximum Gasteiger partial charge on any atom is 0.165 e. The van der Waals surface area contributed by atoms with E-state index in [9.17, 15) is 4.39 Å². The summed E-state index contributed by atoms with van der Waals surface area (Å²) in [7, 11) is 0. The van der Waals surface area contributed by atoms with Gasteiger partial charge in [0, 0.05) is 37.1 Å². The van der Waals surface area contributed by atoms with Crippen molar-refractivity contribution in [1.29, 1.82) is 0 Å². The Kier molecular flexibility index (Phi) is 5.86. The summed E-state index contributed by atoms with van der Waals surface area (Å²) < 4.78 is 15.6. The van der Waals surface area contributed by atoms with Crippen LogP contribution < -0.4 is 11.1 Å². The molecule has 196 valence electrons. The van der Waals surface area contributed by atoms with Crippen molar-refractivity contribution >= 4 is 17.0 Å². The minimum absolute atomic E-state index is 0.275. The Morgan fingerprint density at radius 2 is 1.67 bits per heavy atom. The number of pyridine rings is 2. The molecule has 39 heavy (non-hydrogen) atoms. The molecule has 0 atom stereocenters. The minimum Gasteiger partial charge on any atom is -0.383 e. The Balaban J connectivity index is 1.25. The lowest BCUT2D eigenvalue weighted by Gasteiger charge is -2.52. The van der Waals surface area contributed by atoms with Crippen LogP contribution in [-0.2, 0) is 6.54 Å². The van der Waals surface area contributed by atoms with Gasteiger partial charge in [0.1, 0.15) is 17.2 Å². The van der Waals surface area contributed by atoms with Crippen LogP contribution in [0.2, 0.25) is 0 Å². The second-order valence-corrected chi connectivity index (χ2v) is 10.8. The Hall–Kier alpha value is -4.14. The zero-order valence-corrected chi connectivity index (χ0v) is 21.6. The van der Waals surface area contributed by atoms with Crippen LogP contribution in [0, 0.1) is 11.2 Å². The van der Waals surface area contributed by atoms with E-state index in [-0.39, 0.29) is 5.82 Å². The number of hydrogen-bond acceptors (Lipinski definition) is 6. The largest absolute Gasteiger partial charge is 0.383 e. The first-order valence-electron chi connectivity index (χ1n) is 13.5. The Labute approximate surface area is 226 Å². The van der Waals surface area contributed by atoms with E-state index >= 15 is 0 Å². The fraction of sp³-hybridized carbons (Fsp3) is 0.258. The van der Waals surface area contributed by atoms with Crippen molar-refractivity contribution in [2.24, 2.45) is 5.41 Å². The molecule has 0 saturated carbocycles. The van der Waals surface area contributed by atoms with Crippen LogP contribution in [0.5, 0.6) is 0 Å². The first-order valence-corrected chi connectivity index (χ1v) is 13.5. The van der Waals surface area contributed by atoms with Gasteiger partial charge in [0.05, 0.1) is 11.3 Å². The minimum atomic E-state index is -0.275. The number of nitrogens with one attached hydrogen (secondary N) is 1. The molecular weight excluding hydrogens is 489 g/mol. The normalized spacial score (nSPS) is 16.9. The summed E-state index contributed by atoms with van der Waals surface area (Å²) in [6.45, 7) is 5.60. The van der Waals surface area contributed by atoms with E-state index < -0.39 is 0 Å². The van der Waals surface area contributed by atoms with Gasteiger partial charge >= 0.3 is 0 Å². The maximum atomic E-state index is 13.5. The number of halogens is 1. The lowest BCUT2D eigenvalue weighted by molar-refractivity contribution is -0.0282. The highest BCUT2D eigenvalue weighted by atomic mass is 19.1. The van der Waals surface area contributed by atoms with E-state index in [1.165, 1.54) is 43.6 Å². The number of nitrogen functional groups attached to an aromatic ring is 1. The van der Waals surface area contributed by atoms with Crippen LogP contribution in [0.25, 0.3) is 39.5 Å². The first kappa shape index (κ1) is 23.9. The van der Waals surface area contributed by atoms with Crippen LogP contribution in [0.1, 0.15) is 18.4 Å². The molecule has 5 aromatic rings. The SMILES string of the molecule is Nc1ncccc1-c1nc2ccc(-c3ccc(F)cc3)nc2n1-c1ccc(CN2CC3(CCNCC3)C2)cc1. The molecule has 2 aromatic carbocycles. The summed E-state index contributed by atoms with van der Waals surface area (Å²) in [5, 5.41) is 3.48. The van der Waals surface area contributed by atoms with E-state index in [4.69, 9.17) is 15.7 Å². The van der Waals surface area contributed by atoms with Crippen LogP contribution >= 0.6 is 0 Å². The highest BCUT2D eigenvalue weighted by molar-refractivity contribution is 5.84. The van der Waals surface area contributed by atoms with Crippen molar-refractivity contribution in [2.75, 3.05) is 31.9 Å². The number of aromatic nitrogens is 4. The summed E-state index contributed by atoms with van der Waals surface area (Å²) in [6, 6.07) is 22.6. The maximum absolute atomic E-state index is 13.5. The summed E-state index contributed by atoms with van der Waals surface area (Å²) in [5.74, 6) is 0.820. The molecule has 7 nitrogen and oxygen atoms in total. The lowest BCUT2D eigenvalue weighted by atomic mass is 9.72. The van der Waals surface area contributed by atoms with E-state index in [2.05, 4.69) is 39.5 Å². The highest BCUT2D eigenvalue weighted by Crippen LogP contribution is 2.39. The molecule has 2 saturated heterocycles. The van der Waals surface area contributed by atoms with Gasteiger partial charge in [0.15, 0.2) is 11.5 Å². The number of anilines is 1. The second kappa shape index (κ2) is 9.55. The molecule has 8 heteroatoms.